The minimum atomic E-state index is 0.167. The highest BCUT2D eigenvalue weighted by Gasteiger charge is 2.21. The van der Waals surface area contributed by atoms with Crippen LogP contribution in [-0.2, 0) is 15.6 Å². The van der Waals surface area contributed by atoms with Crippen LogP contribution in [-0.4, -0.2) is 29.8 Å². The average molecular weight is 323 g/mol. The molecule has 1 unspecified atom stereocenters. The van der Waals surface area contributed by atoms with Crippen LogP contribution in [0.25, 0.3) is 0 Å². The molecule has 124 valence electrons. The van der Waals surface area contributed by atoms with Crippen molar-refractivity contribution in [3.05, 3.63) is 29.3 Å². The van der Waals surface area contributed by atoms with Crippen LogP contribution in [0.15, 0.2) is 18.2 Å². The van der Waals surface area contributed by atoms with Crippen molar-refractivity contribution in [1.29, 1.82) is 0 Å². The van der Waals surface area contributed by atoms with E-state index in [0.717, 1.165) is 42.3 Å². The van der Waals surface area contributed by atoms with Gasteiger partial charge in [-0.05, 0) is 49.8 Å². The van der Waals surface area contributed by atoms with Crippen molar-refractivity contribution in [1.82, 2.24) is 0 Å². The summed E-state index contributed by atoms with van der Waals surface area (Å²) in [6, 6.07) is 6.35. The lowest BCUT2D eigenvalue weighted by molar-refractivity contribution is 0.106. The first-order valence-electron chi connectivity index (χ1n) is 8.65. The fourth-order valence-electron chi connectivity index (χ4n) is 2.57. The van der Waals surface area contributed by atoms with Gasteiger partial charge in [0.05, 0.1) is 25.4 Å². The molecule has 1 aliphatic rings. The molecule has 0 aliphatic heterocycles. The Morgan fingerprint density at radius 1 is 1.23 bits per heavy atom. The summed E-state index contributed by atoms with van der Waals surface area (Å²) in [6.07, 6.45) is 7.59. The lowest BCUT2D eigenvalue weighted by Gasteiger charge is -2.19. The van der Waals surface area contributed by atoms with Crippen molar-refractivity contribution in [3.63, 3.8) is 0 Å². The molecule has 4 heteroatoms. The van der Waals surface area contributed by atoms with Gasteiger partial charge >= 0.3 is 0 Å². The minimum Gasteiger partial charge on any atom is -0.493 e. The topological polar surface area (TPSA) is 27.7 Å². The monoisotopic (exact) mass is 322 g/mol. The maximum atomic E-state index is 6.05. The molecule has 0 aromatic heterocycles. The Bertz CT molecular complexity index is 446. The van der Waals surface area contributed by atoms with E-state index in [4.69, 9.17) is 13.9 Å². The first-order valence-corrected chi connectivity index (χ1v) is 9.46. The standard InChI is InChI=1S/C18H30O3Si/c1-3-4-7-17-16(14(2)21-22)8-5-9-18(17)20-13-6-12-19-15-10-11-15/h5,8-9,14-15H,3-4,6-7,10-13H2,1-2,22H3. The Kier molecular flexibility index (Phi) is 7.43. The molecular weight excluding hydrogens is 292 g/mol. The molecule has 0 N–H and O–H groups in total. The molecule has 0 bridgehead atoms. The molecule has 1 atom stereocenters. The summed E-state index contributed by atoms with van der Waals surface area (Å²) in [7, 11) is 0.759. The van der Waals surface area contributed by atoms with Gasteiger partial charge in [0.25, 0.3) is 0 Å². The summed E-state index contributed by atoms with van der Waals surface area (Å²) in [4.78, 5) is 0. The zero-order chi connectivity index (χ0) is 15.8. The molecule has 1 fully saturated rings. The SMILES string of the molecule is CCCCc1c(OCCCOC2CC2)cccc1C(C)O[SiH3]. The first-order chi connectivity index (χ1) is 10.8. The van der Waals surface area contributed by atoms with Crippen LogP contribution in [0.2, 0.25) is 0 Å². The van der Waals surface area contributed by atoms with Crippen molar-refractivity contribution in [2.45, 2.75) is 64.6 Å². The summed E-state index contributed by atoms with van der Waals surface area (Å²) >= 11 is 0. The van der Waals surface area contributed by atoms with Crippen LogP contribution in [0, 0.1) is 0 Å². The molecule has 2 rings (SSSR count). The molecular formula is C18H30O3Si. The summed E-state index contributed by atoms with van der Waals surface area (Å²) in [5.74, 6) is 1.03. The van der Waals surface area contributed by atoms with E-state index in [1.807, 2.05) is 0 Å². The lowest BCUT2D eigenvalue weighted by Crippen LogP contribution is -2.08. The van der Waals surface area contributed by atoms with Crippen molar-refractivity contribution in [3.8, 4) is 5.75 Å². The Morgan fingerprint density at radius 2 is 2.05 bits per heavy atom. The Balaban J connectivity index is 1.93. The van der Waals surface area contributed by atoms with Gasteiger partial charge in [-0.2, -0.15) is 0 Å². The van der Waals surface area contributed by atoms with Crippen LogP contribution >= 0.6 is 0 Å². The van der Waals surface area contributed by atoms with Crippen LogP contribution in [0.5, 0.6) is 5.75 Å². The first kappa shape index (κ1) is 17.5. The number of rotatable bonds is 11. The highest BCUT2D eigenvalue weighted by Crippen LogP contribution is 2.30. The Labute approximate surface area is 137 Å². The van der Waals surface area contributed by atoms with Gasteiger partial charge in [-0.15, -0.1) is 0 Å². The predicted octanol–water partition coefficient (Wildman–Crippen LogP) is 3.34. The van der Waals surface area contributed by atoms with E-state index in [2.05, 4.69) is 32.0 Å². The van der Waals surface area contributed by atoms with E-state index in [1.165, 1.54) is 36.8 Å². The molecule has 1 aromatic carbocycles. The zero-order valence-corrected chi connectivity index (χ0v) is 16.3. The third-order valence-electron chi connectivity index (χ3n) is 4.17. The molecule has 0 heterocycles. The van der Waals surface area contributed by atoms with Crippen molar-refractivity contribution in [2.75, 3.05) is 13.2 Å². The van der Waals surface area contributed by atoms with E-state index >= 15 is 0 Å². The number of hydrogen-bond acceptors (Lipinski definition) is 3. The van der Waals surface area contributed by atoms with Gasteiger partial charge in [0, 0.05) is 6.42 Å². The highest BCUT2D eigenvalue weighted by atomic mass is 28.2. The van der Waals surface area contributed by atoms with Gasteiger partial charge in [0.2, 0.25) is 0 Å². The molecule has 3 nitrogen and oxygen atoms in total. The zero-order valence-electron chi connectivity index (χ0n) is 14.3. The van der Waals surface area contributed by atoms with Crippen LogP contribution < -0.4 is 4.74 Å². The second-order valence-electron chi connectivity index (χ2n) is 6.08. The number of ether oxygens (including phenoxy) is 2. The third-order valence-corrected chi connectivity index (χ3v) is 4.87. The van der Waals surface area contributed by atoms with Gasteiger partial charge in [0.15, 0.2) is 0 Å². The molecule has 1 saturated carbocycles. The van der Waals surface area contributed by atoms with Crippen LogP contribution in [0.3, 0.4) is 0 Å². The normalized spacial score (nSPS) is 15.9. The van der Waals surface area contributed by atoms with Crippen molar-refractivity contribution in [2.24, 2.45) is 0 Å². The molecule has 22 heavy (non-hydrogen) atoms. The van der Waals surface area contributed by atoms with E-state index in [0.29, 0.717) is 6.10 Å². The average Bonchev–Trinajstić information content (AvgIpc) is 3.36. The molecule has 0 spiro atoms. The summed E-state index contributed by atoms with van der Waals surface area (Å²) in [6.45, 7) is 5.90. The van der Waals surface area contributed by atoms with Gasteiger partial charge in [0.1, 0.15) is 16.2 Å². The van der Waals surface area contributed by atoms with Gasteiger partial charge < -0.3 is 13.9 Å². The number of hydrogen-bond donors (Lipinski definition) is 0. The molecule has 1 aromatic rings. The van der Waals surface area contributed by atoms with Crippen LogP contribution in [0.4, 0.5) is 0 Å². The smallest absolute Gasteiger partial charge is 0.146 e. The molecule has 0 radical (unpaired) electrons. The fourth-order valence-corrected chi connectivity index (χ4v) is 2.83. The second kappa shape index (κ2) is 9.33. The number of unbranched alkanes of at least 4 members (excludes halogenated alkanes) is 1. The Hall–Kier alpha value is -0.843. The minimum absolute atomic E-state index is 0.167. The third kappa shape index (κ3) is 5.41. The second-order valence-corrected chi connectivity index (χ2v) is 6.55. The lowest BCUT2D eigenvalue weighted by atomic mass is 9.97. The van der Waals surface area contributed by atoms with Gasteiger partial charge in [-0.1, -0.05) is 25.5 Å². The highest BCUT2D eigenvalue weighted by molar-refractivity contribution is 5.98. The largest absolute Gasteiger partial charge is 0.493 e. The summed E-state index contributed by atoms with van der Waals surface area (Å²) < 4.78 is 17.4. The quantitative estimate of drug-likeness (QED) is 0.462. The predicted molar refractivity (Wildman–Crippen MR) is 93.6 cm³/mol. The molecule has 0 amide bonds. The maximum Gasteiger partial charge on any atom is 0.146 e. The van der Waals surface area contributed by atoms with Gasteiger partial charge in [-0.3, -0.25) is 0 Å². The summed E-state index contributed by atoms with van der Waals surface area (Å²) in [5.41, 5.74) is 2.62. The maximum absolute atomic E-state index is 6.05. The summed E-state index contributed by atoms with van der Waals surface area (Å²) in [5, 5.41) is 0. The van der Waals surface area contributed by atoms with E-state index in [-0.39, 0.29) is 6.10 Å². The molecule has 1 aliphatic carbocycles. The molecule has 0 saturated heterocycles. The fraction of sp³-hybridized carbons (Fsp3) is 0.667. The van der Waals surface area contributed by atoms with E-state index in [1.54, 1.807) is 0 Å². The number of benzene rings is 1. The van der Waals surface area contributed by atoms with Gasteiger partial charge in [-0.25, -0.2) is 0 Å². The van der Waals surface area contributed by atoms with E-state index in [9.17, 15) is 0 Å². The van der Waals surface area contributed by atoms with Crippen molar-refractivity contribution >= 4 is 10.5 Å². The van der Waals surface area contributed by atoms with E-state index < -0.39 is 0 Å². The Morgan fingerprint density at radius 3 is 2.73 bits per heavy atom. The van der Waals surface area contributed by atoms with Crippen LogP contribution in [0.1, 0.15) is 63.2 Å². The van der Waals surface area contributed by atoms with Crippen molar-refractivity contribution < 1.29 is 13.9 Å².